The van der Waals surface area contributed by atoms with E-state index in [0.29, 0.717) is 12.5 Å². The lowest BCUT2D eigenvalue weighted by Gasteiger charge is -2.24. The van der Waals surface area contributed by atoms with E-state index in [4.69, 9.17) is 0 Å². The Morgan fingerprint density at radius 3 is 2.95 bits per heavy atom. The van der Waals surface area contributed by atoms with E-state index < -0.39 is 5.54 Å². The molecule has 0 unspecified atom stereocenters. The third kappa shape index (κ3) is 3.79. The molecule has 0 aliphatic heterocycles. The van der Waals surface area contributed by atoms with Crippen LogP contribution >= 0.6 is 11.3 Å². The second-order valence-corrected chi connectivity index (χ2v) is 6.22. The molecular weight excluding hydrogens is 258 g/mol. The number of nitrogens with zero attached hydrogens (tertiary/aromatic N) is 2. The molecule has 0 aromatic carbocycles. The highest BCUT2D eigenvalue weighted by atomic mass is 32.1. The molecule has 1 heterocycles. The lowest BCUT2D eigenvalue weighted by Crippen LogP contribution is -2.49. The van der Waals surface area contributed by atoms with Crippen molar-refractivity contribution in [2.24, 2.45) is 5.92 Å². The van der Waals surface area contributed by atoms with Crippen molar-refractivity contribution in [2.45, 2.75) is 31.8 Å². The number of nitriles is 1. The summed E-state index contributed by atoms with van der Waals surface area (Å²) < 4.78 is 0. The Morgan fingerprint density at radius 1 is 1.68 bits per heavy atom. The molecule has 1 aromatic rings. The summed E-state index contributed by atoms with van der Waals surface area (Å²) in [7, 11) is 1.91. The molecule has 1 aromatic heterocycles. The Kier molecular flexibility index (Phi) is 4.23. The molecule has 0 bridgehead atoms. The smallest absolute Gasteiger partial charge is 0.235 e. The van der Waals surface area contributed by atoms with Crippen LogP contribution in [0.1, 0.15) is 25.3 Å². The fourth-order valence-corrected chi connectivity index (χ4v) is 2.87. The maximum absolute atomic E-state index is 12.0. The van der Waals surface area contributed by atoms with Gasteiger partial charge >= 0.3 is 0 Å². The van der Waals surface area contributed by atoms with Crippen LogP contribution in [0.15, 0.2) is 16.8 Å². The van der Waals surface area contributed by atoms with Gasteiger partial charge in [-0.3, -0.25) is 9.69 Å². The van der Waals surface area contributed by atoms with Gasteiger partial charge in [-0.2, -0.15) is 16.6 Å². The van der Waals surface area contributed by atoms with Crippen LogP contribution in [0.5, 0.6) is 0 Å². The van der Waals surface area contributed by atoms with Gasteiger partial charge < -0.3 is 5.32 Å². The first-order valence-electron chi connectivity index (χ1n) is 6.45. The van der Waals surface area contributed by atoms with E-state index >= 15 is 0 Å². The Morgan fingerprint density at radius 2 is 2.42 bits per heavy atom. The van der Waals surface area contributed by atoms with Crippen LogP contribution in [0.3, 0.4) is 0 Å². The Bertz CT molecular complexity index is 475. The van der Waals surface area contributed by atoms with Gasteiger partial charge in [0, 0.05) is 6.54 Å². The summed E-state index contributed by atoms with van der Waals surface area (Å²) in [5.41, 5.74) is 0.519. The summed E-state index contributed by atoms with van der Waals surface area (Å²) in [4.78, 5) is 13.9. The predicted molar refractivity (Wildman–Crippen MR) is 75.5 cm³/mol. The van der Waals surface area contributed by atoms with Crippen molar-refractivity contribution in [3.8, 4) is 6.07 Å². The largest absolute Gasteiger partial charge is 0.337 e. The molecule has 1 amide bonds. The number of hydrogen-bond donors (Lipinski definition) is 1. The van der Waals surface area contributed by atoms with Gasteiger partial charge in [0.1, 0.15) is 5.54 Å². The van der Waals surface area contributed by atoms with Gasteiger partial charge in [-0.1, -0.05) is 0 Å². The van der Waals surface area contributed by atoms with Crippen LogP contribution in [0, 0.1) is 17.2 Å². The second kappa shape index (κ2) is 5.72. The number of carbonyl (C=O) groups is 1. The molecule has 0 radical (unpaired) electrons. The molecule has 1 fully saturated rings. The summed E-state index contributed by atoms with van der Waals surface area (Å²) in [6.07, 6.45) is 2.07. The molecule has 0 spiro atoms. The van der Waals surface area contributed by atoms with E-state index in [1.807, 2.05) is 24.3 Å². The molecule has 4 nitrogen and oxygen atoms in total. The first-order chi connectivity index (χ1) is 9.03. The monoisotopic (exact) mass is 277 g/mol. The topological polar surface area (TPSA) is 56.1 Å². The van der Waals surface area contributed by atoms with Crippen molar-refractivity contribution in [3.05, 3.63) is 22.4 Å². The van der Waals surface area contributed by atoms with E-state index in [2.05, 4.69) is 22.8 Å². The molecule has 2 rings (SSSR count). The summed E-state index contributed by atoms with van der Waals surface area (Å²) in [5.74, 6) is 0.248. The van der Waals surface area contributed by atoms with Crippen molar-refractivity contribution in [2.75, 3.05) is 13.6 Å². The van der Waals surface area contributed by atoms with Crippen LogP contribution in [-0.4, -0.2) is 29.9 Å². The molecular formula is C14H19N3OS. The van der Waals surface area contributed by atoms with E-state index in [1.165, 1.54) is 5.56 Å². The van der Waals surface area contributed by atoms with Gasteiger partial charge in [-0.25, -0.2) is 0 Å². The minimum Gasteiger partial charge on any atom is -0.337 e. The van der Waals surface area contributed by atoms with Crippen molar-refractivity contribution in [3.63, 3.8) is 0 Å². The average Bonchev–Trinajstić information content (AvgIpc) is 3.10. The molecule has 1 saturated carbocycles. The van der Waals surface area contributed by atoms with E-state index in [-0.39, 0.29) is 5.91 Å². The van der Waals surface area contributed by atoms with Gasteiger partial charge in [0.25, 0.3) is 0 Å². The zero-order chi connectivity index (χ0) is 13.9. The highest BCUT2D eigenvalue weighted by molar-refractivity contribution is 7.07. The van der Waals surface area contributed by atoms with Gasteiger partial charge in [-0.15, -0.1) is 0 Å². The molecule has 102 valence electrons. The standard InChI is InChI=1S/C14H19N3OS/c1-14(10-15,12-3-4-12)16-13(18)8-17(2)7-11-5-6-19-9-11/h5-6,9,12H,3-4,7-8H2,1-2H3,(H,16,18)/t14-/m0/s1. The summed E-state index contributed by atoms with van der Waals surface area (Å²) >= 11 is 1.66. The van der Waals surface area contributed by atoms with Gasteiger partial charge in [-0.05, 0) is 55.1 Å². The molecule has 1 N–H and O–H groups in total. The highest BCUT2D eigenvalue weighted by Gasteiger charge is 2.42. The zero-order valence-electron chi connectivity index (χ0n) is 11.3. The summed E-state index contributed by atoms with van der Waals surface area (Å²) in [6.45, 7) is 2.89. The number of amides is 1. The third-order valence-corrected chi connectivity index (χ3v) is 4.20. The number of thiophene rings is 1. The average molecular weight is 277 g/mol. The van der Waals surface area contributed by atoms with Gasteiger partial charge in [0.2, 0.25) is 5.91 Å². The van der Waals surface area contributed by atoms with Gasteiger partial charge in [0.15, 0.2) is 0 Å². The number of hydrogen-bond acceptors (Lipinski definition) is 4. The SMILES string of the molecule is CN(CC(=O)N[C@@](C)(C#N)C1CC1)Cc1ccsc1. The van der Waals surface area contributed by atoms with Crippen molar-refractivity contribution >= 4 is 17.2 Å². The predicted octanol–water partition coefficient (Wildman–Crippen LogP) is 1.99. The number of nitrogens with one attached hydrogen (secondary N) is 1. The van der Waals surface area contributed by atoms with E-state index in [1.54, 1.807) is 11.3 Å². The molecule has 19 heavy (non-hydrogen) atoms. The van der Waals surface area contributed by atoms with E-state index in [0.717, 1.165) is 19.4 Å². The van der Waals surface area contributed by atoms with Crippen molar-refractivity contribution in [1.29, 1.82) is 5.26 Å². The fourth-order valence-electron chi connectivity index (χ4n) is 2.21. The fraction of sp³-hybridized carbons (Fsp3) is 0.571. The van der Waals surface area contributed by atoms with Crippen LogP contribution in [0.4, 0.5) is 0 Å². The van der Waals surface area contributed by atoms with Crippen LogP contribution in [0.25, 0.3) is 0 Å². The normalized spacial score (nSPS) is 17.8. The second-order valence-electron chi connectivity index (χ2n) is 5.44. The number of rotatable bonds is 6. The van der Waals surface area contributed by atoms with Crippen molar-refractivity contribution < 1.29 is 4.79 Å². The zero-order valence-corrected chi connectivity index (χ0v) is 12.2. The minimum absolute atomic E-state index is 0.0753. The quantitative estimate of drug-likeness (QED) is 0.865. The van der Waals surface area contributed by atoms with Gasteiger partial charge in [0.05, 0.1) is 12.6 Å². The third-order valence-electron chi connectivity index (χ3n) is 3.47. The lowest BCUT2D eigenvalue weighted by molar-refractivity contribution is -0.123. The first-order valence-corrected chi connectivity index (χ1v) is 7.39. The molecule has 1 aliphatic carbocycles. The summed E-state index contributed by atoms with van der Waals surface area (Å²) in [5, 5.41) is 16.2. The van der Waals surface area contributed by atoms with Crippen LogP contribution in [0.2, 0.25) is 0 Å². The highest BCUT2D eigenvalue weighted by Crippen LogP contribution is 2.39. The maximum atomic E-state index is 12.0. The van der Waals surface area contributed by atoms with Crippen LogP contribution in [-0.2, 0) is 11.3 Å². The molecule has 1 atom stereocenters. The first kappa shape index (κ1) is 14.0. The summed E-state index contributed by atoms with van der Waals surface area (Å²) in [6, 6.07) is 4.30. The van der Waals surface area contributed by atoms with E-state index in [9.17, 15) is 10.1 Å². The lowest BCUT2D eigenvalue weighted by atomic mass is 9.98. The van der Waals surface area contributed by atoms with Crippen molar-refractivity contribution in [1.82, 2.24) is 10.2 Å². The molecule has 5 heteroatoms. The Hall–Kier alpha value is -1.38. The Balaban J connectivity index is 1.82. The minimum atomic E-state index is -0.694. The Labute approximate surface area is 118 Å². The maximum Gasteiger partial charge on any atom is 0.235 e. The molecule has 1 aliphatic rings. The number of likely N-dealkylation sites (N-methyl/N-ethyl adjacent to an activating group) is 1. The molecule has 0 saturated heterocycles. The van der Waals surface area contributed by atoms with Crippen LogP contribution < -0.4 is 5.32 Å². The number of carbonyl (C=O) groups excluding carboxylic acids is 1.